The Morgan fingerprint density at radius 2 is 1.76 bits per heavy atom. The van der Waals surface area contributed by atoms with E-state index in [1.165, 1.54) is 6.07 Å². The van der Waals surface area contributed by atoms with Crippen LogP contribution < -0.4 is 14.8 Å². The second-order valence-corrected chi connectivity index (χ2v) is 5.48. The van der Waals surface area contributed by atoms with Crippen LogP contribution in [0.15, 0.2) is 12.1 Å². The Labute approximate surface area is 121 Å². The van der Waals surface area contributed by atoms with Crippen LogP contribution in [0.3, 0.4) is 0 Å². The van der Waals surface area contributed by atoms with E-state index >= 15 is 0 Å². The zero-order valence-corrected chi connectivity index (χ0v) is 11.6. The number of ether oxygens (including phenoxy) is 2. The first-order chi connectivity index (χ1) is 10.1. The Hall–Kier alpha value is -1.43. The molecule has 1 aromatic carbocycles. The average molecular weight is 301 g/mol. The summed E-state index contributed by atoms with van der Waals surface area (Å²) in [5, 5.41) is 3.16. The van der Waals surface area contributed by atoms with Crippen molar-refractivity contribution in [3.8, 4) is 11.5 Å². The first-order valence-electron chi connectivity index (χ1n) is 7.27. The van der Waals surface area contributed by atoms with Gasteiger partial charge in [-0.25, -0.2) is 0 Å². The molecule has 1 unspecified atom stereocenters. The quantitative estimate of drug-likeness (QED) is 0.863. The van der Waals surface area contributed by atoms with Crippen molar-refractivity contribution >= 4 is 0 Å². The van der Waals surface area contributed by atoms with Gasteiger partial charge in [-0.2, -0.15) is 13.2 Å². The van der Waals surface area contributed by atoms with E-state index in [0.717, 1.165) is 25.5 Å². The number of rotatable bonds is 1. The van der Waals surface area contributed by atoms with E-state index in [4.69, 9.17) is 9.47 Å². The first-order valence-corrected chi connectivity index (χ1v) is 7.27. The van der Waals surface area contributed by atoms with E-state index in [9.17, 15) is 13.2 Å². The minimum atomic E-state index is -4.38. The summed E-state index contributed by atoms with van der Waals surface area (Å²) in [5.41, 5.74) is -0.278. The van der Waals surface area contributed by atoms with Gasteiger partial charge in [-0.3, -0.25) is 0 Å². The average Bonchev–Trinajstić information content (AvgIpc) is 2.70. The van der Waals surface area contributed by atoms with Crippen molar-refractivity contribution in [1.29, 1.82) is 0 Å². The highest BCUT2D eigenvalue weighted by Gasteiger charge is 2.37. The molecule has 1 fully saturated rings. The molecular formula is C15H18F3NO2. The Bertz CT molecular complexity index is 510. The summed E-state index contributed by atoms with van der Waals surface area (Å²) in [6, 6.07) is 2.63. The molecule has 0 saturated carbocycles. The summed E-state index contributed by atoms with van der Waals surface area (Å²) in [6.45, 7) is 2.29. The van der Waals surface area contributed by atoms with Crippen LogP contribution >= 0.6 is 0 Å². The Morgan fingerprint density at radius 3 is 2.38 bits per heavy atom. The lowest BCUT2D eigenvalue weighted by Gasteiger charge is -2.27. The number of hydrogen-bond donors (Lipinski definition) is 1. The second kappa shape index (κ2) is 5.75. The number of halogens is 3. The van der Waals surface area contributed by atoms with Crippen molar-refractivity contribution < 1.29 is 22.6 Å². The largest absolute Gasteiger partial charge is 0.490 e. The Morgan fingerprint density at radius 1 is 1.05 bits per heavy atom. The van der Waals surface area contributed by atoms with Gasteiger partial charge in [0.2, 0.25) is 0 Å². The minimum Gasteiger partial charge on any atom is -0.490 e. The topological polar surface area (TPSA) is 30.5 Å². The van der Waals surface area contributed by atoms with Crippen LogP contribution in [0, 0.1) is 0 Å². The molecule has 2 aliphatic heterocycles. The summed E-state index contributed by atoms with van der Waals surface area (Å²) < 4.78 is 51.0. The van der Waals surface area contributed by atoms with Crippen LogP contribution in [0.25, 0.3) is 0 Å². The number of benzene rings is 1. The van der Waals surface area contributed by atoms with Crippen molar-refractivity contribution in [2.45, 2.75) is 31.4 Å². The molecular weight excluding hydrogens is 283 g/mol. The molecule has 2 aliphatic rings. The lowest BCUT2D eigenvalue weighted by atomic mass is 9.87. The number of nitrogens with one attached hydrogen (secondary N) is 1. The highest BCUT2D eigenvalue weighted by molar-refractivity contribution is 5.50. The molecule has 116 valence electrons. The summed E-state index contributed by atoms with van der Waals surface area (Å²) in [4.78, 5) is 0. The van der Waals surface area contributed by atoms with E-state index in [1.54, 1.807) is 0 Å². The number of hydrogen-bond acceptors (Lipinski definition) is 3. The van der Waals surface area contributed by atoms with E-state index in [0.29, 0.717) is 37.5 Å². The van der Waals surface area contributed by atoms with E-state index in [-0.39, 0.29) is 11.7 Å². The molecule has 2 heterocycles. The highest BCUT2D eigenvalue weighted by Crippen LogP contribution is 2.43. The van der Waals surface area contributed by atoms with Crippen molar-refractivity contribution in [1.82, 2.24) is 5.32 Å². The van der Waals surface area contributed by atoms with Gasteiger partial charge >= 0.3 is 6.18 Å². The van der Waals surface area contributed by atoms with Crippen molar-refractivity contribution in [2.75, 3.05) is 26.3 Å². The lowest BCUT2D eigenvalue weighted by molar-refractivity contribution is -0.138. The highest BCUT2D eigenvalue weighted by atomic mass is 19.4. The minimum absolute atomic E-state index is 0.132. The fourth-order valence-corrected chi connectivity index (χ4v) is 2.92. The van der Waals surface area contributed by atoms with Gasteiger partial charge in [0.05, 0.1) is 18.8 Å². The number of alkyl halides is 3. The van der Waals surface area contributed by atoms with Crippen molar-refractivity contribution in [3.63, 3.8) is 0 Å². The molecule has 1 aromatic rings. The molecule has 1 saturated heterocycles. The van der Waals surface area contributed by atoms with Crippen LogP contribution in [0.5, 0.6) is 11.5 Å². The van der Waals surface area contributed by atoms with Gasteiger partial charge in [0.15, 0.2) is 11.5 Å². The molecule has 0 aliphatic carbocycles. The monoisotopic (exact) mass is 301 g/mol. The number of fused-ring (bicyclic) bond motifs is 1. The summed E-state index contributed by atoms with van der Waals surface area (Å²) in [5.74, 6) is 0.501. The molecule has 1 N–H and O–H groups in total. The van der Waals surface area contributed by atoms with Crippen LogP contribution in [0.1, 0.15) is 36.3 Å². The Balaban J connectivity index is 2.04. The first kappa shape index (κ1) is 14.5. The smallest absolute Gasteiger partial charge is 0.416 e. The van der Waals surface area contributed by atoms with E-state index in [2.05, 4.69) is 5.32 Å². The van der Waals surface area contributed by atoms with E-state index in [1.807, 2.05) is 0 Å². The molecule has 3 rings (SSSR count). The van der Waals surface area contributed by atoms with Gasteiger partial charge in [-0.15, -0.1) is 0 Å². The van der Waals surface area contributed by atoms with Crippen molar-refractivity contribution in [3.05, 3.63) is 23.3 Å². The lowest BCUT2D eigenvalue weighted by Crippen LogP contribution is -2.29. The zero-order chi connectivity index (χ0) is 14.9. The van der Waals surface area contributed by atoms with Crippen LogP contribution in [-0.4, -0.2) is 26.3 Å². The molecule has 0 aromatic heterocycles. The van der Waals surface area contributed by atoms with Gasteiger partial charge < -0.3 is 14.8 Å². The third kappa shape index (κ3) is 3.10. The Kier molecular flexibility index (Phi) is 3.97. The molecule has 0 radical (unpaired) electrons. The maximum absolute atomic E-state index is 13.4. The SMILES string of the molecule is FC(F)(F)c1cc2c(cc1C1CCCNC1)OCCCO2. The molecule has 0 amide bonds. The summed E-state index contributed by atoms with van der Waals surface area (Å²) in [6.07, 6.45) is -2.06. The fourth-order valence-electron chi connectivity index (χ4n) is 2.92. The van der Waals surface area contributed by atoms with Crippen LogP contribution in [0.2, 0.25) is 0 Å². The molecule has 3 nitrogen and oxygen atoms in total. The predicted molar refractivity (Wildman–Crippen MR) is 71.9 cm³/mol. The maximum Gasteiger partial charge on any atom is 0.416 e. The second-order valence-electron chi connectivity index (χ2n) is 5.48. The van der Waals surface area contributed by atoms with Crippen LogP contribution in [-0.2, 0) is 6.18 Å². The molecule has 6 heteroatoms. The molecule has 21 heavy (non-hydrogen) atoms. The van der Waals surface area contributed by atoms with Gasteiger partial charge in [0, 0.05) is 13.0 Å². The third-order valence-corrected chi connectivity index (χ3v) is 3.96. The maximum atomic E-state index is 13.4. The van der Waals surface area contributed by atoms with Gasteiger partial charge in [0.1, 0.15) is 0 Å². The summed E-state index contributed by atoms with van der Waals surface area (Å²) in [7, 11) is 0. The fraction of sp³-hybridized carbons (Fsp3) is 0.600. The molecule has 0 bridgehead atoms. The third-order valence-electron chi connectivity index (χ3n) is 3.96. The summed E-state index contributed by atoms with van der Waals surface area (Å²) >= 11 is 0. The van der Waals surface area contributed by atoms with Gasteiger partial charge in [-0.1, -0.05) is 0 Å². The standard InChI is InChI=1S/C15H18F3NO2/c16-15(17,18)12-8-14-13(20-5-2-6-21-14)7-11(12)10-3-1-4-19-9-10/h7-8,10,19H,1-6,9H2. The van der Waals surface area contributed by atoms with Gasteiger partial charge in [0.25, 0.3) is 0 Å². The normalized spacial score (nSPS) is 22.7. The van der Waals surface area contributed by atoms with Crippen molar-refractivity contribution in [2.24, 2.45) is 0 Å². The molecule has 0 spiro atoms. The number of piperidine rings is 1. The molecule has 1 atom stereocenters. The van der Waals surface area contributed by atoms with Gasteiger partial charge in [-0.05, 0) is 43.0 Å². The zero-order valence-electron chi connectivity index (χ0n) is 11.6. The predicted octanol–water partition coefficient (Wildman–Crippen LogP) is 3.33. The van der Waals surface area contributed by atoms with Crippen LogP contribution in [0.4, 0.5) is 13.2 Å². The van der Waals surface area contributed by atoms with E-state index < -0.39 is 11.7 Å².